The number of nitrogens with one attached hydrogen (secondary N) is 2. The third-order valence-electron chi connectivity index (χ3n) is 5.83. The quantitative estimate of drug-likeness (QED) is 0.341. The summed E-state index contributed by atoms with van der Waals surface area (Å²) >= 11 is 0. The first-order chi connectivity index (χ1) is 16.7. The summed E-state index contributed by atoms with van der Waals surface area (Å²) < 4.78 is 28.9. The van der Waals surface area contributed by atoms with E-state index < -0.39 is 10.0 Å². The van der Waals surface area contributed by atoms with E-state index in [2.05, 4.69) is 10.0 Å². The molecule has 0 fully saturated rings. The van der Waals surface area contributed by atoms with Crippen molar-refractivity contribution in [3.05, 3.63) is 130 Å². The number of amides is 1. The number of carbonyl (C=O) groups is 1. The second kappa shape index (κ2) is 10.2. The summed E-state index contributed by atoms with van der Waals surface area (Å²) in [5, 5.41) is 3.09. The summed E-state index contributed by atoms with van der Waals surface area (Å²) in [6.07, 6.45) is 0. The molecule has 0 bridgehead atoms. The topological polar surface area (TPSA) is 75.3 Å². The molecule has 5 nitrogen and oxygen atoms in total. The normalized spacial score (nSPS) is 12.1. The van der Waals surface area contributed by atoms with Crippen LogP contribution in [0.25, 0.3) is 0 Å². The molecule has 35 heavy (non-hydrogen) atoms. The molecule has 0 spiro atoms. The standard InChI is InChI=1S/C29H28N2O3S/c1-20-12-15-24(16-13-20)28(23-9-5-4-6-10-23)30-29(32)25-17-14-22(3)27(19-25)35(33,34)31-26-11-7-8-21(2)18-26/h4-19,28,31H,1-3H3,(H,30,32)/t28-/m0/s1. The van der Waals surface area contributed by atoms with Crippen LogP contribution in [0.4, 0.5) is 5.69 Å². The number of sulfonamides is 1. The van der Waals surface area contributed by atoms with Crippen LogP contribution in [0, 0.1) is 20.8 Å². The van der Waals surface area contributed by atoms with Crippen LogP contribution in [-0.4, -0.2) is 14.3 Å². The fraction of sp³-hybridized carbons (Fsp3) is 0.138. The molecule has 0 aliphatic carbocycles. The Hall–Kier alpha value is -3.90. The number of rotatable bonds is 7. The van der Waals surface area contributed by atoms with Crippen molar-refractivity contribution >= 4 is 21.6 Å². The Morgan fingerprint density at radius 1 is 0.714 bits per heavy atom. The van der Waals surface area contributed by atoms with Gasteiger partial charge in [-0.05, 0) is 67.3 Å². The molecule has 0 aliphatic rings. The lowest BCUT2D eigenvalue weighted by molar-refractivity contribution is 0.0942. The highest BCUT2D eigenvalue weighted by Gasteiger charge is 2.22. The zero-order valence-electron chi connectivity index (χ0n) is 19.9. The summed E-state index contributed by atoms with van der Waals surface area (Å²) in [6.45, 7) is 5.62. The minimum absolute atomic E-state index is 0.0678. The van der Waals surface area contributed by atoms with Crippen molar-refractivity contribution in [3.8, 4) is 0 Å². The molecule has 4 aromatic carbocycles. The Kier molecular flexibility index (Phi) is 7.03. The van der Waals surface area contributed by atoms with Gasteiger partial charge in [0.05, 0.1) is 10.9 Å². The average molecular weight is 485 g/mol. The van der Waals surface area contributed by atoms with Gasteiger partial charge in [-0.1, -0.05) is 78.4 Å². The monoisotopic (exact) mass is 484 g/mol. The van der Waals surface area contributed by atoms with Crippen LogP contribution in [0.3, 0.4) is 0 Å². The molecule has 1 atom stereocenters. The van der Waals surface area contributed by atoms with Crippen molar-refractivity contribution in [2.45, 2.75) is 31.7 Å². The van der Waals surface area contributed by atoms with Gasteiger partial charge < -0.3 is 5.32 Å². The molecule has 6 heteroatoms. The number of anilines is 1. The number of carbonyl (C=O) groups excluding carboxylic acids is 1. The molecule has 4 aromatic rings. The van der Waals surface area contributed by atoms with E-state index in [1.807, 2.05) is 74.5 Å². The van der Waals surface area contributed by atoms with Crippen LogP contribution in [0.15, 0.2) is 102 Å². The van der Waals surface area contributed by atoms with Gasteiger partial charge in [-0.2, -0.15) is 0 Å². The maximum absolute atomic E-state index is 13.3. The van der Waals surface area contributed by atoms with Gasteiger partial charge in [-0.25, -0.2) is 8.42 Å². The second-order valence-electron chi connectivity index (χ2n) is 8.68. The van der Waals surface area contributed by atoms with Gasteiger partial charge in [0.1, 0.15) is 0 Å². The first kappa shape index (κ1) is 24.2. The van der Waals surface area contributed by atoms with Gasteiger partial charge in [0.2, 0.25) is 0 Å². The molecule has 0 saturated heterocycles. The maximum atomic E-state index is 13.3. The Bertz CT molecular complexity index is 1450. The molecule has 0 aliphatic heterocycles. The van der Waals surface area contributed by atoms with Crippen LogP contribution in [-0.2, 0) is 10.0 Å². The molecule has 0 unspecified atom stereocenters. The lowest BCUT2D eigenvalue weighted by atomic mass is 9.97. The minimum Gasteiger partial charge on any atom is -0.341 e. The second-order valence-corrected chi connectivity index (χ2v) is 10.3. The number of hydrogen-bond acceptors (Lipinski definition) is 3. The van der Waals surface area contributed by atoms with E-state index >= 15 is 0 Å². The lowest BCUT2D eigenvalue weighted by Gasteiger charge is -2.21. The van der Waals surface area contributed by atoms with E-state index in [1.165, 1.54) is 6.07 Å². The van der Waals surface area contributed by atoms with Crippen LogP contribution in [0.1, 0.15) is 44.2 Å². The molecular formula is C29H28N2O3S. The summed E-state index contributed by atoms with van der Waals surface area (Å²) in [4.78, 5) is 13.4. The van der Waals surface area contributed by atoms with Crippen molar-refractivity contribution in [1.29, 1.82) is 0 Å². The van der Waals surface area contributed by atoms with Gasteiger partial charge in [0, 0.05) is 11.3 Å². The van der Waals surface area contributed by atoms with Crippen molar-refractivity contribution < 1.29 is 13.2 Å². The van der Waals surface area contributed by atoms with Crippen molar-refractivity contribution in [2.24, 2.45) is 0 Å². The molecule has 0 saturated carbocycles. The molecular weight excluding hydrogens is 456 g/mol. The lowest BCUT2D eigenvalue weighted by Crippen LogP contribution is -2.29. The summed E-state index contributed by atoms with van der Waals surface area (Å²) in [5.41, 5.74) is 5.25. The van der Waals surface area contributed by atoms with Crippen LogP contribution < -0.4 is 10.0 Å². The predicted octanol–water partition coefficient (Wildman–Crippen LogP) is 5.93. The molecule has 1 amide bonds. The van der Waals surface area contributed by atoms with Crippen molar-refractivity contribution in [3.63, 3.8) is 0 Å². The van der Waals surface area contributed by atoms with Crippen LogP contribution in [0.2, 0.25) is 0 Å². The average Bonchev–Trinajstić information content (AvgIpc) is 2.83. The van der Waals surface area contributed by atoms with Gasteiger partial charge in [0.15, 0.2) is 0 Å². The Morgan fingerprint density at radius 2 is 1.40 bits per heavy atom. The minimum atomic E-state index is -3.88. The first-order valence-corrected chi connectivity index (χ1v) is 12.8. The van der Waals surface area contributed by atoms with E-state index in [-0.39, 0.29) is 22.4 Å². The molecule has 0 heterocycles. The van der Waals surface area contributed by atoms with Gasteiger partial charge >= 0.3 is 0 Å². The summed E-state index contributed by atoms with van der Waals surface area (Å²) in [7, 11) is -3.88. The highest BCUT2D eigenvalue weighted by atomic mass is 32.2. The fourth-order valence-corrected chi connectivity index (χ4v) is 5.25. The van der Waals surface area contributed by atoms with E-state index in [4.69, 9.17) is 0 Å². The number of aryl methyl sites for hydroxylation is 3. The van der Waals surface area contributed by atoms with E-state index in [0.29, 0.717) is 11.3 Å². The SMILES string of the molecule is Cc1ccc([C@@H](NC(=O)c2ccc(C)c(S(=O)(=O)Nc3cccc(C)c3)c2)c2ccccc2)cc1. The third-order valence-corrected chi connectivity index (χ3v) is 7.35. The molecule has 4 rings (SSSR count). The number of hydrogen-bond donors (Lipinski definition) is 2. The van der Waals surface area contributed by atoms with Crippen LogP contribution in [0.5, 0.6) is 0 Å². The van der Waals surface area contributed by atoms with E-state index in [0.717, 1.165) is 22.3 Å². The Balaban J connectivity index is 1.65. The van der Waals surface area contributed by atoms with Crippen LogP contribution >= 0.6 is 0 Å². The smallest absolute Gasteiger partial charge is 0.262 e. The highest BCUT2D eigenvalue weighted by Crippen LogP contribution is 2.25. The molecule has 2 N–H and O–H groups in total. The summed E-state index contributed by atoms with van der Waals surface area (Å²) in [5.74, 6) is -0.355. The van der Waals surface area contributed by atoms with Crippen molar-refractivity contribution in [1.82, 2.24) is 5.32 Å². The van der Waals surface area contributed by atoms with Gasteiger partial charge in [-0.3, -0.25) is 9.52 Å². The van der Waals surface area contributed by atoms with Gasteiger partial charge in [0.25, 0.3) is 15.9 Å². The summed E-state index contributed by atoms with van der Waals surface area (Å²) in [6, 6.07) is 29.2. The largest absolute Gasteiger partial charge is 0.341 e. The molecule has 0 aromatic heterocycles. The fourth-order valence-electron chi connectivity index (χ4n) is 3.93. The molecule has 0 radical (unpaired) electrons. The zero-order valence-corrected chi connectivity index (χ0v) is 20.8. The van der Waals surface area contributed by atoms with Crippen molar-refractivity contribution in [2.75, 3.05) is 4.72 Å². The number of benzene rings is 4. The maximum Gasteiger partial charge on any atom is 0.262 e. The van der Waals surface area contributed by atoms with E-state index in [9.17, 15) is 13.2 Å². The Morgan fingerprint density at radius 3 is 2.09 bits per heavy atom. The zero-order chi connectivity index (χ0) is 25.0. The third kappa shape index (κ3) is 5.78. The Labute approximate surface area is 206 Å². The highest BCUT2D eigenvalue weighted by molar-refractivity contribution is 7.92. The van der Waals surface area contributed by atoms with E-state index in [1.54, 1.807) is 37.3 Å². The predicted molar refractivity (Wildman–Crippen MR) is 140 cm³/mol. The first-order valence-electron chi connectivity index (χ1n) is 11.4. The molecule has 178 valence electrons. The van der Waals surface area contributed by atoms with Gasteiger partial charge in [-0.15, -0.1) is 0 Å².